The Balaban J connectivity index is 0.000000267. The first-order valence-electron chi connectivity index (χ1n) is 9.43. The lowest BCUT2D eigenvalue weighted by atomic mass is 9.64. The third-order valence-electron chi connectivity index (χ3n) is 6.20. The van der Waals surface area contributed by atoms with Crippen molar-refractivity contribution in [3.63, 3.8) is 0 Å². The van der Waals surface area contributed by atoms with Crippen molar-refractivity contribution < 1.29 is 5.48 Å². The predicted octanol–water partition coefficient (Wildman–Crippen LogP) is 4.72. The maximum atomic E-state index is 3.49. The fourth-order valence-electron chi connectivity index (χ4n) is 4.44. The van der Waals surface area contributed by atoms with Crippen molar-refractivity contribution in [3.8, 4) is 0 Å². The Kier molecular flexibility index (Phi) is 8.89. The second-order valence-electron chi connectivity index (χ2n) is 7.95. The molecule has 3 aliphatic rings. The Hall–Kier alpha value is -0.0800. The summed E-state index contributed by atoms with van der Waals surface area (Å²) in [6, 6.07) is 0. The number of hydrogen-bond donors (Lipinski definition) is 1. The molecule has 1 aliphatic heterocycles. The van der Waals surface area contributed by atoms with Gasteiger partial charge in [-0.15, -0.1) is 0 Å². The normalized spacial score (nSPS) is 25.9. The zero-order valence-corrected chi connectivity index (χ0v) is 14.6. The van der Waals surface area contributed by atoms with Gasteiger partial charge in [-0.1, -0.05) is 52.4 Å². The molecule has 3 fully saturated rings. The van der Waals surface area contributed by atoms with Crippen LogP contribution in [0.3, 0.4) is 0 Å². The minimum Gasteiger partial charge on any atom is -0.412 e. The van der Waals surface area contributed by atoms with E-state index in [-0.39, 0.29) is 5.48 Å². The summed E-state index contributed by atoms with van der Waals surface area (Å²) in [6.45, 7) is 7.33. The fourth-order valence-corrected chi connectivity index (χ4v) is 4.44. The largest absolute Gasteiger partial charge is 0.412 e. The highest BCUT2D eigenvalue weighted by Gasteiger charge is 2.36. The molecule has 3 N–H and O–H groups in total. The molecule has 126 valence electrons. The maximum absolute atomic E-state index is 3.49. The molecule has 0 radical (unpaired) electrons. The summed E-state index contributed by atoms with van der Waals surface area (Å²) in [6.07, 6.45) is 17.9. The molecule has 1 spiro atoms. The van der Waals surface area contributed by atoms with E-state index in [4.69, 9.17) is 0 Å². The van der Waals surface area contributed by atoms with E-state index in [1.165, 1.54) is 90.1 Å². The molecule has 2 heteroatoms. The maximum Gasteiger partial charge on any atom is -0.00436 e. The lowest BCUT2D eigenvalue weighted by molar-refractivity contribution is 0.0900. The van der Waals surface area contributed by atoms with Crippen molar-refractivity contribution in [2.24, 2.45) is 17.3 Å². The SMILES string of the molecule is C1CCCCC1.CC(C)C1CCC2(CCNCC2)CC1.O. The van der Waals surface area contributed by atoms with Crippen LogP contribution in [0.4, 0.5) is 0 Å². The lowest BCUT2D eigenvalue weighted by Crippen LogP contribution is -2.39. The monoisotopic (exact) mass is 297 g/mol. The third kappa shape index (κ3) is 6.28. The molecule has 0 bridgehead atoms. The Bertz CT molecular complexity index is 233. The van der Waals surface area contributed by atoms with Gasteiger partial charge in [0.2, 0.25) is 0 Å². The fraction of sp³-hybridized carbons (Fsp3) is 1.00. The standard InChI is InChI=1S/C13H25N.C6H12.H2O/c1-11(2)12-3-5-13(6-4-12)7-9-14-10-8-13;1-2-4-6-5-3-1;/h11-12,14H,3-10H2,1-2H3;1-6H2;1H2. The molecule has 1 heterocycles. The molecule has 0 aromatic rings. The van der Waals surface area contributed by atoms with Gasteiger partial charge >= 0.3 is 0 Å². The molecule has 1 saturated heterocycles. The van der Waals surface area contributed by atoms with Gasteiger partial charge in [-0.2, -0.15) is 0 Å². The summed E-state index contributed by atoms with van der Waals surface area (Å²) >= 11 is 0. The van der Waals surface area contributed by atoms with Crippen LogP contribution in [0.5, 0.6) is 0 Å². The molecule has 3 rings (SSSR count). The van der Waals surface area contributed by atoms with Crippen LogP contribution >= 0.6 is 0 Å². The van der Waals surface area contributed by atoms with Gasteiger partial charge in [-0.05, 0) is 68.9 Å². The molecular formula is C19H39NO. The summed E-state index contributed by atoms with van der Waals surface area (Å²) in [5, 5.41) is 3.49. The average molecular weight is 298 g/mol. The van der Waals surface area contributed by atoms with Crippen LogP contribution in [0.1, 0.15) is 90.9 Å². The molecule has 21 heavy (non-hydrogen) atoms. The highest BCUT2D eigenvalue weighted by Crippen LogP contribution is 2.46. The van der Waals surface area contributed by atoms with Crippen molar-refractivity contribution in [1.82, 2.24) is 5.32 Å². The molecule has 0 amide bonds. The highest BCUT2D eigenvalue weighted by atomic mass is 16.0. The molecule has 0 unspecified atom stereocenters. The first-order chi connectivity index (χ1) is 9.72. The van der Waals surface area contributed by atoms with Crippen LogP contribution in [-0.4, -0.2) is 18.6 Å². The molecule has 2 aliphatic carbocycles. The van der Waals surface area contributed by atoms with E-state index in [2.05, 4.69) is 19.2 Å². The highest BCUT2D eigenvalue weighted by molar-refractivity contribution is 4.89. The van der Waals surface area contributed by atoms with Crippen molar-refractivity contribution in [2.75, 3.05) is 13.1 Å². The molecule has 2 nitrogen and oxygen atoms in total. The second-order valence-corrected chi connectivity index (χ2v) is 7.95. The van der Waals surface area contributed by atoms with Crippen molar-refractivity contribution in [3.05, 3.63) is 0 Å². The molecule has 0 aromatic heterocycles. The van der Waals surface area contributed by atoms with Crippen molar-refractivity contribution in [2.45, 2.75) is 90.9 Å². The van der Waals surface area contributed by atoms with Crippen LogP contribution in [0.15, 0.2) is 0 Å². The first kappa shape index (κ1) is 19.0. The van der Waals surface area contributed by atoms with Crippen LogP contribution in [0.25, 0.3) is 0 Å². The van der Waals surface area contributed by atoms with E-state index in [1.807, 2.05) is 0 Å². The van der Waals surface area contributed by atoms with Gasteiger partial charge in [0.25, 0.3) is 0 Å². The van der Waals surface area contributed by atoms with E-state index >= 15 is 0 Å². The van der Waals surface area contributed by atoms with E-state index < -0.39 is 0 Å². The molecular weight excluding hydrogens is 258 g/mol. The average Bonchev–Trinajstić information content (AvgIpc) is 2.51. The van der Waals surface area contributed by atoms with Gasteiger partial charge in [0.1, 0.15) is 0 Å². The summed E-state index contributed by atoms with van der Waals surface area (Å²) in [5.41, 5.74) is 0.761. The topological polar surface area (TPSA) is 43.5 Å². The number of piperidine rings is 1. The summed E-state index contributed by atoms with van der Waals surface area (Å²) in [4.78, 5) is 0. The molecule has 0 aromatic carbocycles. The predicted molar refractivity (Wildman–Crippen MR) is 92.6 cm³/mol. The minimum atomic E-state index is 0. The van der Waals surface area contributed by atoms with E-state index in [0.29, 0.717) is 0 Å². The number of nitrogens with one attached hydrogen (secondary N) is 1. The molecule has 0 atom stereocenters. The summed E-state index contributed by atoms with van der Waals surface area (Å²) < 4.78 is 0. The van der Waals surface area contributed by atoms with Crippen LogP contribution < -0.4 is 5.32 Å². The molecule has 2 saturated carbocycles. The van der Waals surface area contributed by atoms with Gasteiger partial charge in [-0.3, -0.25) is 0 Å². The van der Waals surface area contributed by atoms with Crippen molar-refractivity contribution in [1.29, 1.82) is 0 Å². The third-order valence-corrected chi connectivity index (χ3v) is 6.20. The van der Waals surface area contributed by atoms with E-state index in [0.717, 1.165) is 17.3 Å². The van der Waals surface area contributed by atoms with Crippen molar-refractivity contribution >= 4 is 0 Å². The second kappa shape index (κ2) is 9.84. The zero-order valence-electron chi connectivity index (χ0n) is 14.6. The Morgan fingerprint density at radius 1 is 0.762 bits per heavy atom. The van der Waals surface area contributed by atoms with Gasteiger partial charge in [-0.25, -0.2) is 0 Å². The van der Waals surface area contributed by atoms with Crippen LogP contribution in [0.2, 0.25) is 0 Å². The van der Waals surface area contributed by atoms with E-state index in [1.54, 1.807) is 0 Å². The van der Waals surface area contributed by atoms with Crippen LogP contribution in [0, 0.1) is 17.3 Å². The lowest BCUT2D eigenvalue weighted by Gasteiger charge is -2.44. The summed E-state index contributed by atoms with van der Waals surface area (Å²) in [5.74, 6) is 1.93. The Morgan fingerprint density at radius 2 is 1.19 bits per heavy atom. The van der Waals surface area contributed by atoms with Gasteiger partial charge in [0.05, 0.1) is 0 Å². The van der Waals surface area contributed by atoms with Gasteiger partial charge in [0, 0.05) is 0 Å². The van der Waals surface area contributed by atoms with E-state index in [9.17, 15) is 0 Å². The number of hydrogen-bond acceptors (Lipinski definition) is 1. The van der Waals surface area contributed by atoms with Crippen LogP contribution in [-0.2, 0) is 0 Å². The minimum absolute atomic E-state index is 0. The Labute approximate surface area is 132 Å². The Morgan fingerprint density at radius 3 is 1.57 bits per heavy atom. The van der Waals surface area contributed by atoms with Gasteiger partial charge in [0.15, 0.2) is 0 Å². The number of rotatable bonds is 1. The first-order valence-corrected chi connectivity index (χ1v) is 9.43. The quantitative estimate of drug-likeness (QED) is 0.748. The van der Waals surface area contributed by atoms with Gasteiger partial charge < -0.3 is 10.8 Å². The zero-order chi connectivity index (χ0) is 14.3. The summed E-state index contributed by atoms with van der Waals surface area (Å²) in [7, 11) is 0. The smallest absolute Gasteiger partial charge is 0.00436 e.